The van der Waals surface area contributed by atoms with Gasteiger partial charge in [0, 0.05) is 39.4 Å². The average Bonchev–Trinajstić information content (AvgIpc) is 3.37. The number of nitrogens with zero attached hydrogens (tertiary/aromatic N) is 6. The largest absolute Gasteiger partial charge is 0.360 e. The van der Waals surface area contributed by atoms with Crippen LogP contribution in [0.2, 0.25) is 0 Å². The van der Waals surface area contributed by atoms with Gasteiger partial charge in [0.1, 0.15) is 10.6 Å². The highest BCUT2D eigenvalue weighted by Crippen LogP contribution is 2.31. The second-order valence-electron chi connectivity index (χ2n) is 6.99. The first kappa shape index (κ1) is 18.0. The van der Waals surface area contributed by atoms with E-state index in [9.17, 15) is 13.2 Å². The summed E-state index contributed by atoms with van der Waals surface area (Å²) in [6.45, 7) is 5.25. The average molecular weight is 394 g/mol. The van der Waals surface area contributed by atoms with Crippen LogP contribution in [-0.2, 0) is 10.0 Å². The minimum Gasteiger partial charge on any atom is -0.360 e. The van der Waals surface area contributed by atoms with Crippen molar-refractivity contribution in [1.82, 2.24) is 24.1 Å². The van der Waals surface area contributed by atoms with Crippen LogP contribution in [0.5, 0.6) is 0 Å². The van der Waals surface area contributed by atoms with Crippen molar-refractivity contribution in [3.05, 3.63) is 23.8 Å². The minimum atomic E-state index is -3.66. The number of aryl methyl sites for hydroxylation is 2. The highest BCUT2D eigenvalue weighted by atomic mass is 32.2. The lowest BCUT2D eigenvalue weighted by molar-refractivity contribution is 0.229. The van der Waals surface area contributed by atoms with Gasteiger partial charge in [0.15, 0.2) is 5.76 Å². The quantitative estimate of drug-likeness (QED) is 0.766. The molecule has 2 amide bonds. The van der Waals surface area contributed by atoms with Gasteiger partial charge in [-0.05, 0) is 20.3 Å². The number of hydrogen-bond donors (Lipinski definition) is 0. The molecule has 0 N–H and O–H groups in total. The lowest BCUT2D eigenvalue weighted by Gasteiger charge is -2.16. The number of rotatable bonds is 4. The van der Waals surface area contributed by atoms with E-state index in [1.54, 1.807) is 41.6 Å². The van der Waals surface area contributed by atoms with Crippen molar-refractivity contribution in [1.29, 1.82) is 0 Å². The highest BCUT2D eigenvalue weighted by Gasteiger charge is 2.37. The molecule has 2 aromatic heterocycles. The molecule has 0 saturated carbocycles. The van der Waals surface area contributed by atoms with Crippen LogP contribution in [0.25, 0.3) is 0 Å². The monoisotopic (exact) mass is 394 g/mol. The molecule has 2 fully saturated rings. The van der Waals surface area contributed by atoms with Crippen LogP contribution < -0.4 is 4.90 Å². The lowest BCUT2D eigenvalue weighted by atomic mass is 10.3. The number of likely N-dealkylation sites (N-methyl/N-ethyl adjacent to an activating group) is 1. The summed E-state index contributed by atoms with van der Waals surface area (Å²) in [4.78, 5) is 15.6. The molecule has 1 atom stereocenters. The first-order valence-corrected chi connectivity index (χ1v) is 10.2. The number of carbonyl (C=O) groups is 1. The van der Waals surface area contributed by atoms with Crippen molar-refractivity contribution in [2.75, 3.05) is 38.1 Å². The van der Waals surface area contributed by atoms with Gasteiger partial charge in [-0.25, -0.2) is 13.2 Å². The number of hydrogen-bond acceptors (Lipinski definition) is 6. The predicted molar refractivity (Wildman–Crippen MR) is 96.0 cm³/mol. The van der Waals surface area contributed by atoms with Crippen LogP contribution in [0.3, 0.4) is 0 Å². The summed E-state index contributed by atoms with van der Waals surface area (Å²) in [5.74, 6) is 0.300. The van der Waals surface area contributed by atoms with Crippen LogP contribution in [0.15, 0.2) is 21.8 Å². The molecule has 0 spiro atoms. The van der Waals surface area contributed by atoms with E-state index in [1.165, 1.54) is 4.31 Å². The maximum Gasteiger partial charge on any atom is 0.324 e. The molecule has 2 aromatic rings. The van der Waals surface area contributed by atoms with Crippen LogP contribution in [0.1, 0.15) is 23.9 Å². The van der Waals surface area contributed by atoms with Crippen molar-refractivity contribution < 1.29 is 17.7 Å². The van der Waals surface area contributed by atoms with E-state index in [1.807, 2.05) is 6.20 Å². The van der Waals surface area contributed by atoms with Crippen LogP contribution in [0, 0.1) is 13.8 Å². The standard InChI is InChI=1S/C16H22N6O4S/c1-11-15(12(2)26-18-11)27(24,25)20-5-4-13(9-20)22-10-14(8-17-22)21-7-6-19(3)16(21)23/h8,10,13H,4-7,9H2,1-3H3. The van der Waals surface area contributed by atoms with E-state index in [0.29, 0.717) is 44.1 Å². The fourth-order valence-electron chi connectivity index (χ4n) is 3.67. The number of urea groups is 1. The Morgan fingerprint density at radius 3 is 2.63 bits per heavy atom. The Kier molecular flexibility index (Phi) is 4.22. The summed E-state index contributed by atoms with van der Waals surface area (Å²) < 4.78 is 34.1. The normalized spacial score (nSPS) is 21.6. The Bertz CT molecular complexity index is 961. The third kappa shape index (κ3) is 2.90. The van der Waals surface area contributed by atoms with Crippen LogP contribution >= 0.6 is 0 Å². The third-order valence-electron chi connectivity index (χ3n) is 5.18. The molecule has 0 bridgehead atoms. The molecule has 2 aliphatic heterocycles. The summed E-state index contributed by atoms with van der Waals surface area (Å²) in [7, 11) is -1.89. The summed E-state index contributed by atoms with van der Waals surface area (Å²) in [5.41, 5.74) is 1.10. The zero-order valence-electron chi connectivity index (χ0n) is 15.5. The fourth-order valence-corrected chi connectivity index (χ4v) is 5.45. The van der Waals surface area contributed by atoms with Gasteiger partial charge in [0.2, 0.25) is 10.0 Å². The number of anilines is 1. The first-order valence-electron chi connectivity index (χ1n) is 8.79. The van der Waals surface area contributed by atoms with Crippen LogP contribution in [-0.4, -0.2) is 71.8 Å². The van der Waals surface area contributed by atoms with E-state index in [2.05, 4.69) is 10.3 Å². The molecule has 2 saturated heterocycles. The smallest absolute Gasteiger partial charge is 0.324 e. The van der Waals surface area contributed by atoms with E-state index in [-0.39, 0.29) is 17.0 Å². The third-order valence-corrected chi connectivity index (χ3v) is 7.29. The van der Waals surface area contributed by atoms with E-state index in [0.717, 1.165) is 5.69 Å². The molecule has 0 aromatic carbocycles. The van der Waals surface area contributed by atoms with E-state index >= 15 is 0 Å². The van der Waals surface area contributed by atoms with Gasteiger partial charge >= 0.3 is 6.03 Å². The molecule has 27 heavy (non-hydrogen) atoms. The molecule has 4 heterocycles. The van der Waals surface area contributed by atoms with Gasteiger partial charge in [-0.1, -0.05) is 5.16 Å². The maximum absolute atomic E-state index is 12.9. The van der Waals surface area contributed by atoms with Gasteiger partial charge in [-0.15, -0.1) is 0 Å². The van der Waals surface area contributed by atoms with Crippen LogP contribution in [0.4, 0.5) is 10.5 Å². The fraction of sp³-hybridized carbons (Fsp3) is 0.562. The van der Waals surface area contributed by atoms with E-state index < -0.39 is 10.0 Å². The number of carbonyl (C=O) groups excluding carboxylic acids is 1. The molecule has 2 aliphatic rings. The Morgan fingerprint density at radius 2 is 2.00 bits per heavy atom. The van der Waals surface area contributed by atoms with Gasteiger partial charge in [0.25, 0.3) is 0 Å². The molecular formula is C16H22N6O4S. The van der Waals surface area contributed by atoms with Gasteiger partial charge < -0.3 is 9.42 Å². The molecule has 146 valence electrons. The Balaban J connectivity index is 1.51. The second kappa shape index (κ2) is 6.34. The molecule has 11 heteroatoms. The SMILES string of the molecule is Cc1noc(C)c1S(=O)(=O)N1CCC(n2cc(N3CCN(C)C3=O)cn2)C1. The van der Waals surface area contributed by atoms with Crippen molar-refractivity contribution in [2.24, 2.45) is 0 Å². The molecule has 4 rings (SSSR count). The molecular weight excluding hydrogens is 372 g/mol. The Labute approximate surface area is 157 Å². The van der Waals surface area contributed by atoms with Crippen molar-refractivity contribution in [2.45, 2.75) is 31.2 Å². The van der Waals surface area contributed by atoms with Crippen molar-refractivity contribution >= 4 is 21.7 Å². The first-order chi connectivity index (χ1) is 12.8. The van der Waals surface area contributed by atoms with Gasteiger partial charge in [0.05, 0.1) is 17.9 Å². The maximum atomic E-state index is 12.9. The van der Waals surface area contributed by atoms with Crippen molar-refractivity contribution in [3.8, 4) is 0 Å². The van der Waals surface area contributed by atoms with E-state index in [4.69, 9.17) is 4.52 Å². The molecule has 10 nitrogen and oxygen atoms in total. The number of aromatic nitrogens is 3. The molecule has 0 aliphatic carbocycles. The van der Waals surface area contributed by atoms with Crippen molar-refractivity contribution in [3.63, 3.8) is 0 Å². The predicted octanol–water partition coefficient (Wildman–Crippen LogP) is 0.995. The lowest BCUT2D eigenvalue weighted by Crippen LogP contribution is -2.30. The minimum absolute atomic E-state index is 0.0522. The van der Waals surface area contributed by atoms with Gasteiger partial charge in [-0.2, -0.15) is 9.40 Å². The Morgan fingerprint density at radius 1 is 1.22 bits per heavy atom. The topological polar surface area (TPSA) is 105 Å². The zero-order chi connectivity index (χ0) is 19.3. The summed E-state index contributed by atoms with van der Waals surface area (Å²) in [6, 6.07) is -0.131. The van der Waals surface area contributed by atoms with Gasteiger partial charge in [-0.3, -0.25) is 9.58 Å². The highest BCUT2D eigenvalue weighted by molar-refractivity contribution is 7.89. The second-order valence-corrected chi connectivity index (χ2v) is 8.87. The molecule has 0 radical (unpaired) electrons. The summed E-state index contributed by atoms with van der Waals surface area (Å²) in [5, 5.41) is 8.12. The Hall–Kier alpha value is -2.40. The molecule has 1 unspecified atom stereocenters. The summed E-state index contributed by atoms with van der Waals surface area (Å²) in [6.07, 6.45) is 4.12. The number of amides is 2. The summed E-state index contributed by atoms with van der Waals surface area (Å²) >= 11 is 0. The number of sulfonamides is 1. The zero-order valence-corrected chi connectivity index (χ0v) is 16.3.